The molecule has 0 spiro atoms. The van der Waals surface area contributed by atoms with E-state index in [0.717, 1.165) is 7.11 Å². The second kappa shape index (κ2) is 44.4. The highest BCUT2D eigenvalue weighted by Gasteiger charge is 2.19. The Bertz CT molecular complexity index is 840. The first-order valence-corrected chi connectivity index (χ1v) is 26.1. The lowest BCUT2D eigenvalue weighted by atomic mass is 10.0. The third-order valence-electron chi connectivity index (χ3n) is 11.8. The van der Waals surface area contributed by atoms with E-state index in [9.17, 15) is 13.0 Å². The molecule has 0 amide bonds. The van der Waals surface area contributed by atoms with Gasteiger partial charge in [-0.3, -0.25) is 14.1 Å². The summed E-state index contributed by atoms with van der Waals surface area (Å²) in [4.78, 5) is 0. The number of hydrogen-bond donors (Lipinski definition) is 1. The van der Waals surface area contributed by atoms with Crippen LogP contribution in [0.15, 0.2) is 0 Å². The molecule has 0 saturated carbocycles. The van der Waals surface area contributed by atoms with Crippen LogP contribution in [0.2, 0.25) is 0 Å². The molecule has 1 heterocycles. The van der Waals surface area contributed by atoms with E-state index in [1.165, 1.54) is 283 Å². The van der Waals surface area contributed by atoms with Crippen molar-refractivity contribution in [2.45, 2.75) is 277 Å². The lowest BCUT2D eigenvalue weighted by Crippen LogP contribution is -2.23. The summed E-state index contributed by atoms with van der Waals surface area (Å²) in [5.41, 5.74) is 0. The van der Waals surface area contributed by atoms with Crippen molar-refractivity contribution < 1.29 is 21.7 Å². The normalized spacial score (nSPS) is 13.0. The minimum Gasteiger partial charge on any atom is -0.726 e. The van der Waals surface area contributed by atoms with Crippen LogP contribution in [0.25, 0.3) is 0 Å². The van der Waals surface area contributed by atoms with Crippen molar-refractivity contribution in [1.29, 1.82) is 0 Å². The van der Waals surface area contributed by atoms with Gasteiger partial charge in [-0.2, -0.15) is 0 Å². The third-order valence-corrected chi connectivity index (χ3v) is 12.3. The van der Waals surface area contributed by atoms with Gasteiger partial charge in [-0.15, -0.1) is 0 Å². The molecule has 0 radical (unpaired) electrons. The Kier molecular flexibility index (Phi) is 43.9. The molecule has 0 unspecified atom stereocenters. The van der Waals surface area contributed by atoms with Crippen LogP contribution < -0.4 is 5.32 Å². The predicted molar refractivity (Wildman–Crippen MR) is 240 cm³/mol. The lowest BCUT2D eigenvalue weighted by Gasteiger charge is -2.06. The third kappa shape index (κ3) is 44.3. The summed E-state index contributed by atoms with van der Waals surface area (Å²) >= 11 is 0. The number of nitrogens with zero attached hydrogens (tertiary/aromatic N) is 1. The quantitative estimate of drug-likeness (QED) is 0.0287. The van der Waals surface area contributed by atoms with E-state index in [1.807, 2.05) is 0 Å². The van der Waals surface area contributed by atoms with Gasteiger partial charge in [0.2, 0.25) is 16.2 Å². The molecular formula is C48H98N2O4S. The zero-order valence-electron chi connectivity index (χ0n) is 37.6. The van der Waals surface area contributed by atoms with Crippen molar-refractivity contribution in [1.82, 2.24) is 5.32 Å². The molecule has 330 valence electrons. The number of rotatable bonds is 43. The first kappa shape index (κ1) is 54.3. The van der Waals surface area contributed by atoms with Crippen molar-refractivity contribution in [3.63, 3.8) is 0 Å². The van der Waals surface area contributed by atoms with E-state index < -0.39 is 10.4 Å². The molecule has 1 rings (SSSR count). The molecule has 1 aliphatic heterocycles. The fourth-order valence-corrected chi connectivity index (χ4v) is 8.18. The largest absolute Gasteiger partial charge is 0.726 e. The monoisotopic (exact) mass is 799 g/mol. The minimum absolute atomic E-state index is 0.808. The Labute approximate surface area is 345 Å². The molecule has 0 bridgehead atoms. The smallest absolute Gasteiger partial charge is 0.244 e. The molecule has 0 aromatic heterocycles. The van der Waals surface area contributed by atoms with Crippen LogP contribution in [0.4, 0.5) is 0 Å². The Balaban J connectivity index is 0.00000447. The van der Waals surface area contributed by atoms with E-state index in [-0.39, 0.29) is 0 Å². The summed E-state index contributed by atoms with van der Waals surface area (Å²) in [7, 11) is -3.60. The van der Waals surface area contributed by atoms with Crippen LogP contribution in [0.1, 0.15) is 277 Å². The van der Waals surface area contributed by atoms with Crippen molar-refractivity contribution in [3.05, 3.63) is 0 Å². The standard InChI is InChI=1S/C47H94N2.CH4O4S/c1-3-5-7-9-11-13-15-17-19-21-23-25-27-29-31-33-35-37-39-41-43-47-48-44-46-49(47)45-42-40-38-36-34-32-30-28-26-24-22-20-18-16-14-12-10-8-6-4-2;1-5-6(2,3)4/h3-46H2,1-2H3;1H3,(H,2,3,4). The van der Waals surface area contributed by atoms with Gasteiger partial charge in [0, 0.05) is 6.42 Å². The number of unbranched alkanes of at least 4 members (excludes halogenated alkanes) is 38. The fraction of sp³-hybridized carbons (Fsp3) is 0.979. The molecule has 1 N–H and O–H groups in total. The van der Waals surface area contributed by atoms with Gasteiger partial charge in [0.1, 0.15) is 13.1 Å². The molecule has 0 atom stereocenters. The average Bonchev–Trinajstić information content (AvgIpc) is 3.63. The molecule has 55 heavy (non-hydrogen) atoms. The Morgan fingerprint density at radius 2 is 0.691 bits per heavy atom. The highest BCUT2D eigenvalue weighted by molar-refractivity contribution is 7.80. The van der Waals surface area contributed by atoms with Crippen LogP contribution in [0, 0.1) is 0 Å². The summed E-state index contributed by atoms with van der Waals surface area (Å²) in [5, 5.41) is 3.72. The minimum atomic E-state index is -4.41. The van der Waals surface area contributed by atoms with Crippen molar-refractivity contribution in [2.75, 3.05) is 26.7 Å². The topological polar surface area (TPSA) is 81.5 Å². The molecule has 7 heteroatoms. The van der Waals surface area contributed by atoms with E-state index in [0.29, 0.717) is 0 Å². The van der Waals surface area contributed by atoms with Gasteiger partial charge >= 0.3 is 0 Å². The van der Waals surface area contributed by atoms with Crippen molar-refractivity contribution in [2.24, 2.45) is 0 Å². The second-order valence-electron chi connectivity index (χ2n) is 17.1. The SMILES string of the molecule is CCCCCCCCCCCCCCCCCCCCCCC1=[N+](CCCCCCCCCCCCCCCCCCCCCC)CCN1.COS(=O)(=O)[O-]. The summed E-state index contributed by atoms with van der Waals surface area (Å²) in [5.74, 6) is 1.57. The Hall–Kier alpha value is -0.660. The van der Waals surface area contributed by atoms with Gasteiger partial charge in [-0.25, -0.2) is 8.42 Å². The van der Waals surface area contributed by atoms with E-state index in [1.54, 1.807) is 5.84 Å². The van der Waals surface area contributed by atoms with Gasteiger partial charge in [-0.1, -0.05) is 251 Å². The van der Waals surface area contributed by atoms with Gasteiger partial charge < -0.3 is 4.55 Å². The molecule has 0 aliphatic carbocycles. The highest BCUT2D eigenvalue weighted by Crippen LogP contribution is 2.17. The maximum Gasteiger partial charge on any atom is 0.244 e. The Morgan fingerprint density at radius 1 is 0.455 bits per heavy atom. The highest BCUT2D eigenvalue weighted by atomic mass is 32.3. The number of nitrogens with one attached hydrogen (secondary N) is 1. The molecule has 0 aromatic rings. The Morgan fingerprint density at radius 3 is 0.945 bits per heavy atom. The van der Waals surface area contributed by atoms with E-state index >= 15 is 0 Å². The molecule has 0 aromatic carbocycles. The summed E-state index contributed by atoms with van der Waals surface area (Å²) < 4.78 is 33.7. The summed E-state index contributed by atoms with van der Waals surface area (Å²) in [6.45, 7) is 8.33. The van der Waals surface area contributed by atoms with Crippen LogP contribution in [-0.4, -0.2) is 50.1 Å². The van der Waals surface area contributed by atoms with E-state index in [4.69, 9.17) is 0 Å². The maximum absolute atomic E-state index is 9.22. The van der Waals surface area contributed by atoms with Gasteiger partial charge in [0.05, 0.1) is 13.7 Å². The molecule has 6 nitrogen and oxygen atoms in total. The number of hydrogen-bond acceptors (Lipinski definition) is 5. The zero-order chi connectivity index (χ0) is 40.2. The average molecular weight is 799 g/mol. The van der Waals surface area contributed by atoms with Gasteiger partial charge in [0.15, 0.2) is 0 Å². The number of amidine groups is 1. The lowest BCUT2D eigenvalue weighted by molar-refractivity contribution is -0.519. The van der Waals surface area contributed by atoms with Crippen LogP contribution in [-0.2, 0) is 14.6 Å². The molecule has 1 aliphatic rings. The maximum atomic E-state index is 9.22. The summed E-state index contributed by atoms with van der Waals surface area (Å²) in [6, 6.07) is 0. The first-order chi connectivity index (χ1) is 26.9. The molecular weight excluding hydrogens is 701 g/mol. The second-order valence-corrected chi connectivity index (χ2v) is 18.3. The van der Waals surface area contributed by atoms with Gasteiger partial charge in [-0.05, 0) is 19.3 Å². The first-order valence-electron chi connectivity index (χ1n) is 24.8. The van der Waals surface area contributed by atoms with Crippen molar-refractivity contribution in [3.8, 4) is 0 Å². The van der Waals surface area contributed by atoms with Crippen LogP contribution in [0.3, 0.4) is 0 Å². The molecule has 0 fully saturated rings. The van der Waals surface area contributed by atoms with Crippen molar-refractivity contribution >= 4 is 16.2 Å². The zero-order valence-corrected chi connectivity index (χ0v) is 38.4. The fourth-order valence-electron chi connectivity index (χ4n) is 8.18. The van der Waals surface area contributed by atoms with Crippen LogP contribution in [0.5, 0.6) is 0 Å². The molecule has 0 saturated heterocycles. The van der Waals surface area contributed by atoms with Crippen LogP contribution >= 0.6 is 0 Å². The van der Waals surface area contributed by atoms with E-state index in [2.05, 4.69) is 27.9 Å². The summed E-state index contributed by atoms with van der Waals surface area (Å²) in [6.07, 6.45) is 59.9. The predicted octanol–water partition coefficient (Wildman–Crippen LogP) is 15.1. The van der Waals surface area contributed by atoms with Gasteiger partial charge in [0.25, 0.3) is 0 Å².